The predicted molar refractivity (Wildman–Crippen MR) is 97.0 cm³/mol. The number of rotatable bonds is 3. The Balaban J connectivity index is 1.44. The van der Waals surface area contributed by atoms with Crippen LogP contribution in [0, 0.1) is 0 Å². The molecule has 0 saturated carbocycles. The largest absolute Gasteiger partial charge is 0.355 e. The summed E-state index contributed by atoms with van der Waals surface area (Å²) in [5.41, 5.74) is 2.29. The summed E-state index contributed by atoms with van der Waals surface area (Å²) < 4.78 is 10.3. The lowest BCUT2D eigenvalue weighted by Crippen LogP contribution is -2.28. The Hall–Kier alpha value is -3.48. The average Bonchev–Trinajstić information content (AvgIpc) is 3.47. The van der Waals surface area contributed by atoms with Gasteiger partial charge in [0.1, 0.15) is 5.52 Å². The topological polar surface area (TPSA) is 85.3 Å². The van der Waals surface area contributed by atoms with Gasteiger partial charge < -0.3 is 13.9 Å². The van der Waals surface area contributed by atoms with Crippen LogP contribution in [0.15, 0.2) is 64.0 Å². The van der Waals surface area contributed by atoms with Crippen LogP contribution >= 0.6 is 0 Å². The SMILES string of the molecule is O=C(c1ccc2noc(-c3ccccc3)c2c1)N1CCC(c2ncon2)C1. The first kappa shape index (κ1) is 15.7. The van der Waals surface area contributed by atoms with Gasteiger partial charge in [-0.25, -0.2) is 0 Å². The van der Waals surface area contributed by atoms with Crippen molar-refractivity contribution in [2.24, 2.45) is 0 Å². The normalized spacial score (nSPS) is 16.9. The standard InChI is InChI=1S/C20H16N4O3/c25-20(24-9-8-15(11-24)19-21-12-26-23-19)14-6-7-17-16(10-14)18(27-22-17)13-4-2-1-3-5-13/h1-7,10,12,15H,8-9,11H2. The van der Waals surface area contributed by atoms with Crippen LogP contribution in [0.1, 0.15) is 28.5 Å². The van der Waals surface area contributed by atoms with Gasteiger partial charge in [0.15, 0.2) is 11.6 Å². The predicted octanol–water partition coefficient (Wildman–Crippen LogP) is 3.51. The summed E-state index contributed by atoms with van der Waals surface area (Å²) in [6, 6.07) is 15.2. The Morgan fingerprint density at radius 2 is 2.00 bits per heavy atom. The number of benzene rings is 2. The molecule has 0 aliphatic carbocycles. The second-order valence-corrected chi connectivity index (χ2v) is 6.64. The average molecular weight is 360 g/mol. The molecule has 134 valence electrons. The molecule has 1 aliphatic heterocycles. The molecule has 1 aliphatic rings. The molecule has 27 heavy (non-hydrogen) atoms. The van der Waals surface area contributed by atoms with E-state index in [0.29, 0.717) is 30.2 Å². The summed E-state index contributed by atoms with van der Waals surface area (Å²) in [6.07, 6.45) is 2.15. The zero-order valence-electron chi connectivity index (χ0n) is 14.4. The van der Waals surface area contributed by atoms with E-state index >= 15 is 0 Å². The Morgan fingerprint density at radius 1 is 1.11 bits per heavy atom. The highest BCUT2D eigenvalue weighted by Gasteiger charge is 2.30. The van der Waals surface area contributed by atoms with E-state index < -0.39 is 0 Å². The van der Waals surface area contributed by atoms with E-state index in [1.54, 1.807) is 6.07 Å². The molecule has 1 unspecified atom stereocenters. The molecule has 3 heterocycles. The third-order valence-electron chi connectivity index (χ3n) is 4.98. The first-order valence-corrected chi connectivity index (χ1v) is 8.80. The highest BCUT2D eigenvalue weighted by molar-refractivity contribution is 6.01. The van der Waals surface area contributed by atoms with Crippen LogP contribution in [-0.4, -0.2) is 39.2 Å². The number of fused-ring (bicyclic) bond motifs is 1. The number of carbonyl (C=O) groups excluding carboxylic acids is 1. The molecule has 0 bridgehead atoms. The van der Waals surface area contributed by atoms with E-state index in [1.165, 1.54) is 6.39 Å². The van der Waals surface area contributed by atoms with Gasteiger partial charge in [0, 0.05) is 30.1 Å². The molecule has 1 fully saturated rings. The smallest absolute Gasteiger partial charge is 0.253 e. The molecular weight excluding hydrogens is 344 g/mol. The molecule has 0 spiro atoms. The fourth-order valence-corrected chi connectivity index (χ4v) is 3.57. The summed E-state index contributed by atoms with van der Waals surface area (Å²) in [5, 5.41) is 8.85. The first-order valence-electron chi connectivity index (χ1n) is 8.80. The maximum Gasteiger partial charge on any atom is 0.253 e. The number of carbonyl (C=O) groups is 1. The summed E-state index contributed by atoms with van der Waals surface area (Å²) in [5.74, 6) is 1.44. The van der Waals surface area contributed by atoms with E-state index in [9.17, 15) is 4.79 Å². The van der Waals surface area contributed by atoms with Crippen molar-refractivity contribution in [3.63, 3.8) is 0 Å². The monoisotopic (exact) mass is 360 g/mol. The number of hydrogen-bond donors (Lipinski definition) is 0. The van der Waals surface area contributed by atoms with Crippen LogP contribution in [0.3, 0.4) is 0 Å². The number of aromatic nitrogens is 3. The van der Waals surface area contributed by atoms with Gasteiger partial charge in [-0.15, -0.1) is 0 Å². The van der Waals surface area contributed by atoms with Crippen LogP contribution in [0.25, 0.3) is 22.2 Å². The molecule has 7 heteroatoms. The summed E-state index contributed by atoms with van der Waals surface area (Å²) in [4.78, 5) is 18.9. The van der Waals surface area contributed by atoms with Crippen molar-refractivity contribution in [1.82, 2.24) is 20.2 Å². The Kier molecular flexibility index (Phi) is 3.71. The second-order valence-electron chi connectivity index (χ2n) is 6.64. The zero-order chi connectivity index (χ0) is 18.2. The first-order chi connectivity index (χ1) is 13.3. The molecule has 1 amide bonds. The van der Waals surface area contributed by atoms with Crippen LogP contribution in [0.5, 0.6) is 0 Å². The number of hydrogen-bond acceptors (Lipinski definition) is 6. The summed E-state index contributed by atoms with van der Waals surface area (Å²) in [6.45, 7) is 1.26. The maximum atomic E-state index is 13.0. The molecule has 1 atom stereocenters. The second kappa shape index (κ2) is 6.35. The minimum Gasteiger partial charge on any atom is -0.355 e. The Morgan fingerprint density at radius 3 is 2.81 bits per heavy atom. The lowest BCUT2D eigenvalue weighted by molar-refractivity contribution is 0.0790. The molecule has 0 radical (unpaired) electrons. The van der Waals surface area contributed by atoms with Crippen molar-refractivity contribution < 1.29 is 13.8 Å². The van der Waals surface area contributed by atoms with Gasteiger partial charge in [-0.3, -0.25) is 4.79 Å². The van der Waals surface area contributed by atoms with Gasteiger partial charge in [0.2, 0.25) is 6.39 Å². The summed E-state index contributed by atoms with van der Waals surface area (Å²) >= 11 is 0. The van der Waals surface area contributed by atoms with Crippen molar-refractivity contribution in [2.75, 3.05) is 13.1 Å². The fraction of sp³-hybridized carbons (Fsp3) is 0.200. The minimum atomic E-state index is -0.0110. The van der Waals surface area contributed by atoms with Crippen LogP contribution in [-0.2, 0) is 0 Å². The van der Waals surface area contributed by atoms with Gasteiger partial charge in [-0.2, -0.15) is 4.98 Å². The quantitative estimate of drug-likeness (QED) is 0.556. The Bertz CT molecular complexity index is 1090. The minimum absolute atomic E-state index is 0.0110. The molecule has 0 N–H and O–H groups in total. The van der Waals surface area contributed by atoms with Gasteiger partial charge in [0.25, 0.3) is 5.91 Å². The third kappa shape index (κ3) is 2.77. The van der Waals surface area contributed by atoms with Crippen LogP contribution in [0.4, 0.5) is 0 Å². The zero-order valence-corrected chi connectivity index (χ0v) is 14.4. The lowest BCUT2D eigenvalue weighted by atomic mass is 10.1. The van der Waals surface area contributed by atoms with Crippen molar-refractivity contribution in [3.05, 3.63) is 66.3 Å². The van der Waals surface area contributed by atoms with E-state index in [1.807, 2.05) is 47.4 Å². The van der Waals surface area contributed by atoms with Gasteiger partial charge in [0.05, 0.1) is 5.39 Å². The van der Waals surface area contributed by atoms with Crippen molar-refractivity contribution >= 4 is 16.8 Å². The third-order valence-corrected chi connectivity index (χ3v) is 4.98. The number of amides is 1. The van der Waals surface area contributed by atoms with Gasteiger partial charge >= 0.3 is 0 Å². The molecule has 5 rings (SSSR count). The molecule has 7 nitrogen and oxygen atoms in total. The van der Waals surface area contributed by atoms with Crippen LogP contribution in [0.2, 0.25) is 0 Å². The highest BCUT2D eigenvalue weighted by Crippen LogP contribution is 2.31. The lowest BCUT2D eigenvalue weighted by Gasteiger charge is -2.16. The molecular formula is C20H16N4O3. The summed E-state index contributed by atoms with van der Waals surface area (Å²) in [7, 11) is 0. The molecule has 4 aromatic rings. The van der Waals surface area contributed by atoms with Crippen molar-refractivity contribution in [1.29, 1.82) is 0 Å². The van der Waals surface area contributed by atoms with Crippen molar-refractivity contribution in [2.45, 2.75) is 12.3 Å². The van der Waals surface area contributed by atoms with E-state index in [-0.39, 0.29) is 11.8 Å². The molecule has 2 aromatic carbocycles. The van der Waals surface area contributed by atoms with Gasteiger partial charge in [-0.05, 0) is 24.6 Å². The van der Waals surface area contributed by atoms with Crippen molar-refractivity contribution in [3.8, 4) is 11.3 Å². The number of likely N-dealkylation sites (tertiary alicyclic amines) is 1. The fourth-order valence-electron chi connectivity index (χ4n) is 3.57. The Labute approximate surface area is 154 Å². The highest BCUT2D eigenvalue weighted by atomic mass is 16.5. The van der Waals surface area contributed by atoms with E-state index in [4.69, 9.17) is 9.05 Å². The van der Waals surface area contributed by atoms with E-state index in [0.717, 1.165) is 22.9 Å². The molecule has 1 saturated heterocycles. The number of nitrogens with zero attached hydrogens (tertiary/aromatic N) is 4. The van der Waals surface area contributed by atoms with Gasteiger partial charge in [-0.1, -0.05) is 40.6 Å². The van der Waals surface area contributed by atoms with E-state index in [2.05, 4.69) is 15.3 Å². The molecule has 2 aromatic heterocycles. The maximum absolute atomic E-state index is 13.0. The van der Waals surface area contributed by atoms with Crippen LogP contribution < -0.4 is 0 Å².